The number of methoxy groups -OCH3 is 1. The molecule has 0 aliphatic carbocycles. The molecule has 196 valence electrons. The Morgan fingerprint density at radius 1 is 1.03 bits per heavy atom. The lowest BCUT2D eigenvalue weighted by molar-refractivity contribution is 0.0714. The van der Waals surface area contributed by atoms with Gasteiger partial charge in [0.25, 0.3) is 5.91 Å². The maximum Gasteiger partial charge on any atom is 0.291 e. The smallest absolute Gasteiger partial charge is 0.291 e. The standard InChI is InChI=1S/C31H30ClNO5/c1-17(2)16-37-24-11-10-20(14-25(24)36-5)27-26-28(34)22-13-18(3)12-19(4)29(22)38-30(26)31(35)33(27)15-21-8-6-7-9-23(21)32/h6-14,17,27H,15-16H2,1-5H3. The fraction of sp³-hybridized carbons (Fsp3) is 0.290. The lowest BCUT2D eigenvalue weighted by Crippen LogP contribution is -2.29. The highest BCUT2D eigenvalue weighted by atomic mass is 35.5. The Kier molecular flexibility index (Phi) is 6.93. The van der Waals surface area contributed by atoms with Gasteiger partial charge in [-0.05, 0) is 66.3 Å². The van der Waals surface area contributed by atoms with Crippen LogP contribution in [0.2, 0.25) is 5.02 Å². The summed E-state index contributed by atoms with van der Waals surface area (Å²) in [5.41, 5.74) is 3.78. The molecule has 1 aliphatic heterocycles. The predicted octanol–water partition coefficient (Wildman–Crippen LogP) is 6.85. The molecule has 2 heterocycles. The number of nitrogens with zero attached hydrogens (tertiary/aromatic N) is 1. The average Bonchev–Trinajstić information content (AvgIpc) is 3.16. The van der Waals surface area contributed by atoms with Crippen LogP contribution < -0.4 is 14.9 Å². The fourth-order valence-corrected chi connectivity index (χ4v) is 5.22. The van der Waals surface area contributed by atoms with Crippen molar-refractivity contribution in [3.8, 4) is 11.5 Å². The number of ether oxygens (including phenoxy) is 2. The van der Waals surface area contributed by atoms with Gasteiger partial charge >= 0.3 is 0 Å². The molecule has 0 radical (unpaired) electrons. The van der Waals surface area contributed by atoms with Gasteiger partial charge in [-0.15, -0.1) is 0 Å². The van der Waals surface area contributed by atoms with Gasteiger partial charge in [0, 0.05) is 11.6 Å². The molecular formula is C31H30ClNO5. The van der Waals surface area contributed by atoms with E-state index in [9.17, 15) is 9.59 Å². The minimum absolute atomic E-state index is 0.0607. The lowest BCUT2D eigenvalue weighted by atomic mass is 9.96. The molecule has 1 aromatic heterocycles. The highest BCUT2D eigenvalue weighted by molar-refractivity contribution is 6.31. The van der Waals surface area contributed by atoms with Crippen molar-refractivity contribution in [2.75, 3.05) is 13.7 Å². The predicted molar refractivity (Wildman–Crippen MR) is 148 cm³/mol. The zero-order valence-corrected chi connectivity index (χ0v) is 22.9. The Bertz CT molecular complexity index is 1610. The number of aryl methyl sites for hydroxylation is 2. The van der Waals surface area contributed by atoms with Gasteiger partial charge in [-0.3, -0.25) is 9.59 Å². The van der Waals surface area contributed by atoms with Crippen LogP contribution in [-0.2, 0) is 6.54 Å². The number of benzene rings is 3. The van der Waals surface area contributed by atoms with E-state index in [0.717, 1.165) is 16.7 Å². The summed E-state index contributed by atoms with van der Waals surface area (Å²) in [4.78, 5) is 29.5. The van der Waals surface area contributed by atoms with Crippen LogP contribution in [0.25, 0.3) is 11.0 Å². The van der Waals surface area contributed by atoms with Crippen LogP contribution in [0.15, 0.2) is 63.8 Å². The summed E-state index contributed by atoms with van der Waals surface area (Å²) >= 11 is 6.48. The van der Waals surface area contributed by atoms with Gasteiger partial charge in [0.1, 0.15) is 5.58 Å². The first-order chi connectivity index (χ1) is 18.2. The largest absolute Gasteiger partial charge is 0.493 e. The summed E-state index contributed by atoms with van der Waals surface area (Å²) < 4.78 is 17.8. The minimum atomic E-state index is -0.691. The zero-order valence-electron chi connectivity index (χ0n) is 22.1. The first kappa shape index (κ1) is 25.9. The molecule has 3 aromatic carbocycles. The van der Waals surface area contributed by atoms with Crippen LogP contribution in [-0.4, -0.2) is 24.5 Å². The van der Waals surface area contributed by atoms with Crippen molar-refractivity contribution >= 4 is 28.5 Å². The van der Waals surface area contributed by atoms with Crippen molar-refractivity contribution in [3.05, 3.63) is 103 Å². The third-order valence-corrected chi connectivity index (χ3v) is 7.14. The van der Waals surface area contributed by atoms with Crippen molar-refractivity contribution in [2.45, 2.75) is 40.3 Å². The molecule has 1 amide bonds. The van der Waals surface area contributed by atoms with E-state index in [2.05, 4.69) is 13.8 Å². The molecule has 0 saturated heterocycles. The molecule has 38 heavy (non-hydrogen) atoms. The van der Waals surface area contributed by atoms with E-state index in [-0.39, 0.29) is 23.6 Å². The van der Waals surface area contributed by atoms with Gasteiger partial charge in [-0.25, -0.2) is 0 Å². The number of halogens is 1. The van der Waals surface area contributed by atoms with E-state index < -0.39 is 6.04 Å². The minimum Gasteiger partial charge on any atom is -0.493 e. The normalized spacial score (nSPS) is 14.9. The molecule has 0 spiro atoms. The molecule has 6 nitrogen and oxygen atoms in total. The number of hydrogen-bond donors (Lipinski definition) is 0. The molecule has 4 aromatic rings. The monoisotopic (exact) mass is 531 g/mol. The van der Waals surface area contributed by atoms with Gasteiger partial charge in [0.2, 0.25) is 5.76 Å². The fourth-order valence-electron chi connectivity index (χ4n) is 5.02. The van der Waals surface area contributed by atoms with Crippen molar-refractivity contribution < 1.29 is 18.7 Å². The molecule has 1 aliphatic rings. The highest BCUT2D eigenvalue weighted by Crippen LogP contribution is 2.42. The average molecular weight is 532 g/mol. The first-order valence-corrected chi connectivity index (χ1v) is 13.0. The first-order valence-electron chi connectivity index (χ1n) is 12.6. The Morgan fingerprint density at radius 3 is 2.50 bits per heavy atom. The van der Waals surface area contributed by atoms with Crippen LogP contribution in [0.4, 0.5) is 0 Å². The quantitative estimate of drug-likeness (QED) is 0.261. The molecule has 7 heteroatoms. The summed E-state index contributed by atoms with van der Waals surface area (Å²) in [5.74, 6) is 1.17. The van der Waals surface area contributed by atoms with Crippen molar-refractivity contribution in [3.63, 3.8) is 0 Å². The third-order valence-electron chi connectivity index (χ3n) is 6.77. The van der Waals surface area contributed by atoms with E-state index in [0.29, 0.717) is 51.1 Å². The highest BCUT2D eigenvalue weighted by Gasteiger charge is 2.43. The lowest BCUT2D eigenvalue weighted by Gasteiger charge is -2.26. The molecule has 0 N–H and O–H groups in total. The van der Waals surface area contributed by atoms with E-state index >= 15 is 0 Å². The molecule has 0 bridgehead atoms. The van der Waals surface area contributed by atoms with Crippen LogP contribution in [0.5, 0.6) is 11.5 Å². The third kappa shape index (κ3) is 4.54. The van der Waals surface area contributed by atoms with Crippen LogP contribution >= 0.6 is 11.6 Å². The second-order valence-corrected chi connectivity index (χ2v) is 10.6. The van der Waals surface area contributed by atoms with Gasteiger partial charge < -0.3 is 18.8 Å². The summed E-state index contributed by atoms with van der Waals surface area (Å²) in [7, 11) is 1.57. The topological polar surface area (TPSA) is 69.0 Å². The van der Waals surface area contributed by atoms with Crippen molar-refractivity contribution in [2.24, 2.45) is 5.92 Å². The second kappa shape index (κ2) is 10.2. The van der Waals surface area contributed by atoms with Crippen LogP contribution in [0, 0.1) is 19.8 Å². The van der Waals surface area contributed by atoms with E-state index in [1.165, 1.54) is 0 Å². The summed E-state index contributed by atoms with van der Waals surface area (Å²) in [6, 6.07) is 16.0. The van der Waals surface area contributed by atoms with E-state index in [1.807, 2.05) is 62.4 Å². The van der Waals surface area contributed by atoms with Crippen molar-refractivity contribution in [1.82, 2.24) is 4.90 Å². The number of amides is 1. The Hall–Kier alpha value is -3.77. The zero-order chi connectivity index (χ0) is 27.1. The van der Waals surface area contributed by atoms with Gasteiger partial charge in [0.15, 0.2) is 16.9 Å². The molecule has 0 fully saturated rings. The van der Waals surface area contributed by atoms with Crippen LogP contribution in [0.1, 0.15) is 58.3 Å². The number of carbonyl (C=O) groups excluding carboxylic acids is 1. The summed E-state index contributed by atoms with van der Waals surface area (Å²) in [6.45, 7) is 8.70. The number of carbonyl (C=O) groups is 1. The second-order valence-electron chi connectivity index (χ2n) is 10.2. The Labute approximate surface area is 226 Å². The van der Waals surface area contributed by atoms with E-state index in [4.69, 9.17) is 25.5 Å². The maximum absolute atomic E-state index is 14.0. The van der Waals surface area contributed by atoms with Gasteiger partial charge in [-0.2, -0.15) is 0 Å². The molecule has 5 rings (SSSR count). The number of fused-ring (bicyclic) bond motifs is 2. The number of hydrogen-bond acceptors (Lipinski definition) is 5. The maximum atomic E-state index is 14.0. The molecule has 1 atom stereocenters. The van der Waals surface area contributed by atoms with Gasteiger partial charge in [-0.1, -0.05) is 55.8 Å². The van der Waals surface area contributed by atoms with Crippen LogP contribution in [0.3, 0.4) is 0 Å². The summed E-state index contributed by atoms with van der Waals surface area (Å²) in [6.07, 6.45) is 0. The Balaban J connectivity index is 1.71. The molecular weight excluding hydrogens is 502 g/mol. The van der Waals surface area contributed by atoms with E-state index in [1.54, 1.807) is 18.1 Å². The molecule has 0 saturated carbocycles. The number of rotatable bonds is 7. The SMILES string of the molecule is COc1cc(C2c3c(oc4c(C)cc(C)cc4c3=O)C(=O)N2Cc2ccccc2Cl)ccc1OCC(C)C. The van der Waals surface area contributed by atoms with Crippen molar-refractivity contribution in [1.29, 1.82) is 0 Å². The van der Waals surface area contributed by atoms with Gasteiger partial charge in [0.05, 0.1) is 30.7 Å². The summed E-state index contributed by atoms with van der Waals surface area (Å²) in [5, 5.41) is 1.00. The molecule has 1 unspecified atom stereocenters. The Morgan fingerprint density at radius 2 is 1.79 bits per heavy atom.